The van der Waals surface area contributed by atoms with Crippen molar-refractivity contribution in [3.63, 3.8) is 0 Å². The molecule has 2 aliphatic rings. The maximum Gasteiger partial charge on any atom is 0.332 e. The van der Waals surface area contributed by atoms with Crippen LogP contribution in [0.4, 0.5) is 5.82 Å². The van der Waals surface area contributed by atoms with Gasteiger partial charge in [0, 0.05) is 36.7 Å². The third kappa shape index (κ3) is 2.52. The number of fused-ring (bicyclic) bond motifs is 3. The Labute approximate surface area is 183 Å². The number of carbonyl (C=O) groups is 1. The van der Waals surface area contributed by atoms with E-state index < -0.39 is 17.2 Å². The van der Waals surface area contributed by atoms with E-state index in [1.165, 1.54) is 18.7 Å². The van der Waals surface area contributed by atoms with Gasteiger partial charge in [-0.3, -0.25) is 18.7 Å². The Morgan fingerprint density at radius 2 is 1.56 bits per heavy atom. The number of nitrogens with zero attached hydrogens (tertiary/aromatic N) is 2. The van der Waals surface area contributed by atoms with Gasteiger partial charge in [0.25, 0.3) is 5.56 Å². The summed E-state index contributed by atoms with van der Waals surface area (Å²) in [5.41, 5.74) is 2.51. The van der Waals surface area contributed by atoms with Gasteiger partial charge in [-0.15, -0.1) is 0 Å². The van der Waals surface area contributed by atoms with Crippen LogP contribution in [-0.4, -0.2) is 29.1 Å². The molecule has 2 heterocycles. The van der Waals surface area contributed by atoms with Crippen LogP contribution in [0.15, 0.2) is 57.6 Å². The molecular formula is C24H21N3O5. The number of nitrogens with one attached hydrogen (secondary N) is 1. The molecule has 8 heteroatoms. The van der Waals surface area contributed by atoms with E-state index >= 15 is 0 Å². The second-order valence-corrected chi connectivity index (χ2v) is 7.80. The lowest BCUT2D eigenvalue weighted by atomic mass is 9.81. The highest BCUT2D eigenvalue weighted by Gasteiger charge is 2.42. The van der Waals surface area contributed by atoms with Gasteiger partial charge in [0.05, 0.1) is 25.5 Å². The fourth-order valence-corrected chi connectivity index (χ4v) is 4.62. The second-order valence-electron chi connectivity index (χ2n) is 7.80. The molecule has 1 atom stereocenters. The molecule has 162 valence electrons. The van der Waals surface area contributed by atoms with E-state index in [9.17, 15) is 14.4 Å². The summed E-state index contributed by atoms with van der Waals surface area (Å²) in [5, 5.41) is 3.23. The van der Waals surface area contributed by atoms with E-state index in [0.717, 1.165) is 10.1 Å². The minimum atomic E-state index is -0.688. The van der Waals surface area contributed by atoms with E-state index in [1.807, 2.05) is 24.3 Å². The second kappa shape index (κ2) is 6.98. The van der Waals surface area contributed by atoms with Gasteiger partial charge < -0.3 is 14.8 Å². The molecule has 5 rings (SSSR count). The first-order chi connectivity index (χ1) is 15.4. The maximum absolute atomic E-state index is 13.5. The summed E-state index contributed by atoms with van der Waals surface area (Å²) < 4.78 is 13.3. The average molecular weight is 431 g/mol. The van der Waals surface area contributed by atoms with E-state index in [4.69, 9.17) is 9.47 Å². The first-order valence-electron chi connectivity index (χ1n) is 10.1. The monoisotopic (exact) mass is 431 g/mol. The molecule has 1 aliphatic heterocycles. The molecule has 0 bridgehead atoms. The van der Waals surface area contributed by atoms with Gasteiger partial charge in [-0.2, -0.15) is 0 Å². The zero-order chi connectivity index (χ0) is 22.7. The molecule has 3 aromatic rings. The van der Waals surface area contributed by atoms with E-state index in [2.05, 4.69) is 5.32 Å². The summed E-state index contributed by atoms with van der Waals surface area (Å²) in [6, 6.07) is 12.6. The molecule has 32 heavy (non-hydrogen) atoms. The molecule has 0 saturated heterocycles. The quantitative estimate of drug-likeness (QED) is 0.684. The number of rotatable bonds is 3. The summed E-state index contributed by atoms with van der Waals surface area (Å²) in [5.74, 6) is 0.558. The first-order valence-corrected chi connectivity index (χ1v) is 10.1. The van der Waals surface area contributed by atoms with Crippen molar-refractivity contribution >= 4 is 17.3 Å². The number of hydrogen-bond acceptors (Lipinski definition) is 6. The third-order valence-electron chi connectivity index (χ3n) is 6.22. The molecule has 1 aromatic heterocycles. The first kappa shape index (κ1) is 19.9. The molecule has 0 unspecified atom stereocenters. The van der Waals surface area contributed by atoms with Crippen LogP contribution >= 0.6 is 0 Å². The lowest BCUT2D eigenvalue weighted by Crippen LogP contribution is -2.42. The smallest absolute Gasteiger partial charge is 0.332 e. The lowest BCUT2D eigenvalue weighted by Gasteiger charge is -2.30. The molecule has 1 aliphatic carbocycles. The largest absolute Gasteiger partial charge is 0.493 e. The zero-order valence-corrected chi connectivity index (χ0v) is 18.1. The number of carbonyl (C=O) groups excluding carboxylic acids is 1. The molecule has 0 saturated carbocycles. The van der Waals surface area contributed by atoms with Crippen molar-refractivity contribution in [3.8, 4) is 11.5 Å². The van der Waals surface area contributed by atoms with Gasteiger partial charge in [0.15, 0.2) is 17.3 Å². The van der Waals surface area contributed by atoms with Crippen LogP contribution in [0.25, 0.3) is 5.70 Å². The Balaban J connectivity index is 1.87. The van der Waals surface area contributed by atoms with E-state index in [0.29, 0.717) is 45.3 Å². The fraction of sp³-hybridized carbons (Fsp3) is 0.208. The number of aromatic nitrogens is 2. The van der Waals surface area contributed by atoms with Crippen LogP contribution < -0.4 is 26.0 Å². The number of ether oxygens (including phenoxy) is 2. The Morgan fingerprint density at radius 3 is 2.25 bits per heavy atom. The normalized spacial score (nSPS) is 16.2. The van der Waals surface area contributed by atoms with Gasteiger partial charge in [-0.25, -0.2) is 4.79 Å². The Kier molecular flexibility index (Phi) is 4.33. The molecule has 1 N–H and O–H groups in total. The van der Waals surface area contributed by atoms with Crippen molar-refractivity contribution in [2.75, 3.05) is 19.5 Å². The van der Waals surface area contributed by atoms with Crippen LogP contribution in [-0.2, 0) is 14.1 Å². The van der Waals surface area contributed by atoms with E-state index in [1.54, 1.807) is 32.4 Å². The van der Waals surface area contributed by atoms with Crippen LogP contribution in [0.2, 0.25) is 0 Å². The van der Waals surface area contributed by atoms with Crippen molar-refractivity contribution in [2.45, 2.75) is 5.92 Å². The van der Waals surface area contributed by atoms with Gasteiger partial charge >= 0.3 is 5.69 Å². The summed E-state index contributed by atoms with van der Waals surface area (Å²) in [6.07, 6.45) is 0. The summed E-state index contributed by atoms with van der Waals surface area (Å²) in [4.78, 5) is 39.5. The molecule has 2 aromatic carbocycles. The summed E-state index contributed by atoms with van der Waals surface area (Å²) in [7, 11) is 6.11. The average Bonchev–Trinajstić information content (AvgIpc) is 3.11. The zero-order valence-electron chi connectivity index (χ0n) is 18.1. The van der Waals surface area contributed by atoms with Crippen molar-refractivity contribution < 1.29 is 14.3 Å². The minimum absolute atomic E-state index is 0.149. The molecule has 0 fully saturated rings. The maximum atomic E-state index is 13.5. The summed E-state index contributed by atoms with van der Waals surface area (Å²) >= 11 is 0. The number of benzene rings is 2. The van der Waals surface area contributed by atoms with Crippen molar-refractivity contribution in [1.29, 1.82) is 0 Å². The predicted octanol–water partition coefficient (Wildman–Crippen LogP) is 2.27. The number of Topliss-reactive ketones (excluding diaryl/α,β-unsaturated/α-hetero) is 1. The van der Waals surface area contributed by atoms with Gasteiger partial charge in [-0.1, -0.05) is 30.3 Å². The Morgan fingerprint density at radius 1 is 0.875 bits per heavy atom. The van der Waals surface area contributed by atoms with E-state index in [-0.39, 0.29) is 5.78 Å². The Hall–Kier alpha value is -4.07. The number of hydrogen-bond donors (Lipinski definition) is 1. The van der Waals surface area contributed by atoms with Crippen LogP contribution in [0.3, 0.4) is 0 Å². The highest BCUT2D eigenvalue weighted by Crippen LogP contribution is 2.48. The van der Waals surface area contributed by atoms with Crippen molar-refractivity contribution in [2.24, 2.45) is 14.1 Å². The predicted molar refractivity (Wildman–Crippen MR) is 120 cm³/mol. The van der Waals surface area contributed by atoms with Crippen molar-refractivity contribution in [1.82, 2.24) is 9.13 Å². The number of allylic oxidation sites excluding steroid dienone is 1. The van der Waals surface area contributed by atoms with Gasteiger partial charge in [0.1, 0.15) is 5.82 Å². The van der Waals surface area contributed by atoms with Gasteiger partial charge in [-0.05, 0) is 17.7 Å². The van der Waals surface area contributed by atoms with Crippen LogP contribution in [0.5, 0.6) is 11.5 Å². The highest BCUT2D eigenvalue weighted by molar-refractivity contribution is 6.23. The van der Waals surface area contributed by atoms with Crippen molar-refractivity contribution in [3.05, 3.63) is 91.1 Å². The number of anilines is 1. The Bertz CT molecular complexity index is 1460. The van der Waals surface area contributed by atoms with Crippen LogP contribution in [0, 0.1) is 0 Å². The number of ketones is 1. The molecular weight excluding hydrogens is 410 g/mol. The molecule has 0 amide bonds. The topological polar surface area (TPSA) is 91.6 Å². The minimum Gasteiger partial charge on any atom is -0.493 e. The molecule has 8 nitrogen and oxygen atoms in total. The highest BCUT2D eigenvalue weighted by atomic mass is 16.5. The lowest BCUT2D eigenvalue weighted by molar-refractivity contribution is 0.103. The third-order valence-corrected chi connectivity index (χ3v) is 6.22. The number of methoxy groups -OCH3 is 2. The van der Waals surface area contributed by atoms with Crippen LogP contribution in [0.1, 0.15) is 33.0 Å². The molecule has 0 spiro atoms. The van der Waals surface area contributed by atoms with Gasteiger partial charge in [0.2, 0.25) is 0 Å². The molecule has 0 radical (unpaired) electrons. The standard InChI is InChI=1S/C24H21N3O5/c1-26-22-19(23(29)27(2)24(26)30)17(12-9-10-15(31-3)16(11-12)32-4)18-20(25-22)13-7-5-6-8-14(13)21(18)28/h5-11,17,25H,1-4H3/t17-/m0/s1. The fourth-order valence-electron chi connectivity index (χ4n) is 4.62. The SMILES string of the molecule is COc1ccc([C@H]2C3=C(Nc4c2c(=O)n(C)c(=O)n4C)c2ccccc2C3=O)cc1OC. The summed E-state index contributed by atoms with van der Waals surface area (Å²) in [6.45, 7) is 0.